The van der Waals surface area contributed by atoms with Crippen molar-refractivity contribution in [2.45, 2.75) is 26.3 Å². The molecule has 0 radical (unpaired) electrons. The van der Waals surface area contributed by atoms with Gasteiger partial charge in [-0.05, 0) is 44.0 Å². The van der Waals surface area contributed by atoms with Gasteiger partial charge in [0.2, 0.25) is 0 Å². The molecule has 0 N–H and O–H groups in total. The lowest BCUT2D eigenvalue weighted by Gasteiger charge is -2.18. The molecule has 1 aromatic carbocycles. The number of carbonyl (C=O) groups is 1. The summed E-state index contributed by atoms with van der Waals surface area (Å²) in [7, 11) is 1.61. The van der Waals surface area contributed by atoms with E-state index in [1.807, 2.05) is 30.0 Å². The molecule has 1 aliphatic rings. The number of carbonyl (C=O) groups excluding carboxylic acids is 1. The Morgan fingerprint density at radius 2 is 2.19 bits per heavy atom. The van der Waals surface area contributed by atoms with Gasteiger partial charge in [0.1, 0.15) is 5.75 Å². The molecule has 1 atom stereocenters. The van der Waals surface area contributed by atoms with Crippen LogP contribution >= 0.6 is 0 Å². The summed E-state index contributed by atoms with van der Waals surface area (Å²) in [6, 6.07) is 5.56. The SMILES string of the molecule is COc1ccc(C(=O)N2CC[C@H](n3cc(-c4nc(C)no4)nn3)C2)c(C)c1. The van der Waals surface area contributed by atoms with Gasteiger partial charge in [-0.15, -0.1) is 5.10 Å². The molecule has 140 valence electrons. The number of likely N-dealkylation sites (tertiary alicyclic amines) is 1. The van der Waals surface area contributed by atoms with Crippen LogP contribution in [0.4, 0.5) is 0 Å². The smallest absolute Gasteiger partial charge is 0.280 e. The number of aryl methyl sites for hydroxylation is 2. The highest BCUT2D eigenvalue weighted by molar-refractivity contribution is 5.96. The first-order valence-corrected chi connectivity index (χ1v) is 8.71. The summed E-state index contributed by atoms with van der Waals surface area (Å²) in [5.74, 6) is 1.66. The molecule has 0 saturated carbocycles. The molecule has 2 aromatic heterocycles. The van der Waals surface area contributed by atoms with Crippen molar-refractivity contribution >= 4 is 5.91 Å². The van der Waals surface area contributed by atoms with Crippen LogP contribution in [-0.4, -0.2) is 56.1 Å². The maximum absolute atomic E-state index is 12.9. The number of benzene rings is 1. The number of ether oxygens (including phenoxy) is 1. The summed E-state index contributed by atoms with van der Waals surface area (Å²) in [6.07, 6.45) is 2.59. The largest absolute Gasteiger partial charge is 0.497 e. The normalized spacial score (nSPS) is 16.7. The van der Waals surface area contributed by atoms with Crippen molar-refractivity contribution in [3.8, 4) is 17.3 Å². The average Bonchev–Trinajstić information content (AvgIpc) is 3.40. The highest BCUT2D eigenvalue weighted by Gasteiger charge is 2.30. The lowest BCUT2D eigenvalue weighted by atomic mass is 10.1. The second-order valence-electron chi connectivity index (χ2n) is 6.61. The first kappa shape index (κ1) is 17.2. The monoisotopic (exact) mass is 368 g/mol. The van der Waals surface area contributed by atoms with Crippen LogP contribution < -0.4 is 4.74 Å². The molecule has 9 nitrogen and oxygen atoms in total. The molecule has 1 fully saturated rings. The van der Waals surface area contributed by atoms with Crippen molar-refractivity contribution in [1.29, 1.82) is 0 Å². The zero-order valence-corrected chi connectivity index (χ0v) is 15.4. The molecule has 3 heterocycles. The van der Waals surface area contributed by atoms with Gasteiger partial charge in [0.15, 0.2) is 11.5 Å². The Bertz CT molecular complexity index is 979. The minimum absolute atomic E-state index is 0.0190. The topological polar surface area (TPSA) is 99.2 Å². The standard InChI is InChI=1S/C18H20N6O3/c1-11-8-14(26-3)4-5-15(11)18(25)23-7-6-13(9-23)24-10-16(20-22-24)17-19-12(2)21-27-17/h4-5,8,10,13H,6-7,9H2,1-3H3/t13-/m0/s1. The van der Waals surface area contributed by atoms with E-state index in [0.717, 1.165) is 17.7 Å². The molecule has 1 aliphatic heterocycles. The van der Waals surface area contributed by atoms with Crippen LogP contribution in [0.1, 0.15) is 34.2 Å². The summed E-state index contributed by atoms with van der Waals surface area (Å²) in [4.78, 5) is 18.9. The number of hydrogen-bond donors (Lipinski definition) is 0. The van der Waals surface area contributed by atoms with Gasteiger partial charge in [-0.25, -0.2) is 4.68 Å². The summed E-state index contributed by atoms with van der Waals surface area (Å²) >= 11 is 0. The van der Waals surface area contributed by atoms with Crippen molar-refractivity contribution in [1.82, 2.24) is 30.0 Å². The number of methoxy groups -OCH3 is 1. The first-order valence-electron chi connectivity index (χ1n) is 8.71. The quantitative estimate of drug-likeness (QED) is 0.695. The van der Waals surface area contributed by atoms with E-state index >= 15 is 0 Å². The van der Waals surface area contributed by atoms with E-state index in [1.54, 1.807) is 24.9 Å². The van der Waals surface area contributed by atoms with E-state index < -0.39 is 0 Å². The van der Waals surface area contributed by atoms with Crippen LogP contribution in [0.5, 0.6) is 5.75 Å². The second kappa shape index (κ2) is 6.82. The highest BCUT2D eigenvalue weighted by atomic mass is 16.5. The molecule has 3 aromatic rings. The number of aromatic nitrogens is 5. The summed E-state index contributed by atoms with van der Waals surface area (Å²) in [6.45, 7) is 4.91. The van der Waals surface area contributed by atoms with E-state index in [2.05, 4.69) is 20.5 Å². The van der Waals surface area contributed by atoms with Crippen molar-refractivity contribution in [3.05, 3.63) is 41.3 Å². The molecule has 1 amide bonds. The Morgan fingerprint density at radius 1 is 1.33 bits per heavy atom. The van der Waals surface area contributed by atoms with Crippen LogP contribution in [0.15, 0.2) is 28.9 Å². The van der Waals surface area contributed by atoms with Gasteiger partial charge in [0.25, 0.3) is 11.8 Å². The van der Waals surface area contributed by atoms with E-state index in [-0.39, 0.29) is 11.9 Å². The van der Waals surface area contributed by atoms with Crippen LogP contribution in [-0.2, 0) is 0 Å². The zero-order chi connectivity index (χ0) is 19.0. The van der Waals surface area contributed by atoms with E-state index in [0.29, 0.717) is 36.1 Å². The molecule has 0 unspecified atom stereocenters. The van der Waals surface area contributed by atoms with E-state index in [4.69, 9.17) is 9.26 Å². The molecule has 0 aliphatic carbocycles. The molecule has 4 rings (SSSR count). The highest BCUT2D eigenvalue weighted by Crippen LogP contribution is 2.26. The Labute approximate surface area is 155 Å². The van der Waals surface area contributed by atoms with Gasteiger partial charge < -0.3 is 14.2 Å². The van der Waals surface area contributed by atoms with Gasteiger partial charge in [0.05, 0.1) is 19.3 Å². The fourth-order valence-electron chi connectivity index (χ4n) is 3.27. The third-order valence-electron chi connectivity index (χ3n) is 4.75. The minimum atomic E-state index is 0.0190. The zero-order valence-electron chi connectivity index (χ0n) is 15.4. The van der Waals surface area contributed by atoms with Crippen molar-refractivity contribution in [3.63, 3.8) is 0 Å². The Kier molecular flexibility index (Phi) is 4.35. The van der Waals surface area contributed by atoms with Gasteiger partial charge in [-0.2, -0.15) is 4.98 Å². The predicted octanol–water partition coefficient (Wildman–Crippen LogP) is 2.04. The maximum Gasteiger partial charge on any atom is 0.280 e. The Balaban J connectivity index is 1.47. The molecular weight excluding hydrogens is 348 g/mol. The molecular formula is C18H20N6O3. The van der Waals surface area contributed by atoms with E-state index in [1.165, 1.54) is 0 Å². The fourth-order valence-corrected chi connectivity index (χ4v) is 3.27. The summed E-state index contributed by atoms with van der Waals surface area (Å²) < 4.78 is 12.1. The molecule has 1 saturated heterocycles. The molecule has 0 bridgehead atoms. The lowest BCUT2D eigenvalue weighted by molar-refractivity contribution is 0.0786. The van der Waals surface area contributed by atoms with Crippen LogP contribution in [0.2, 0.25) is 0 Å². The van der Waals surface area contributed by atoms with Gasteiger partial charge in [-0.1, -0.05) is 10.4 Å². The van der Waals surface area contributed by atoms with Gasteiger partial charge in [0, 0.05) is 18.7 Å². The summed E-state index contributed by atoms with van der Waals surface area (Å²) in [5, 5.41) is 12.0. The average molecular weight is 368 g/mol. The van der Waals surface area contributed by atoms with Gasteiger partial charge in [-0.3, -0.25) is 4.79 Å². The Hall–Kier alpha value is -3.23. The number of amides is 1. The molecule has 0 spiro atoms. The second-order valence-corrected chi connectivity index (χ2v) is 6.61. The van der Waals surface area contributed by atoms with Crippen molar-refractivity contribution < 1.29 is 14.1 Å². The summed E-state index contributed by atoms with van der Waals surface area (Å²) in [5.41, 5.74) is 2.13. The molecule has 27 heavy (non-hydrogen) atoms. The third-order valence-corrected chi connectivity index (χ3v) is 4.75. The molecule has 9 heteroatoms. The van der Waals surface area contributed by atoms with Crippen LogP contribution in [0.3, 0.4) is 0 Å². The third kappa shape index (κ3) is 3.27. The van der Waals surface area contributed by atoms with Crippen molar-refractivity contribution in [2.24, 2.45) is 0 Å². The van der Waals surface area contributed by atoms with E-state index in [9.17, 15) is 4.79 Å². The Morgan fingerprint density at radius 3 is 2.89 bits per heavy atom. The predicted molar refractivity (Wildman–Crippen MR) is 95.3 cm³/mol. The lowest BCUT2D eigenvalue weighted by Crippen LogP contribution is -2.29. The van der Waals surface area contributed by atoms with Gasteiger partial charge >= 0.3 is 0 Å². The minimum Gasteiger partial charge on any atom is -0.497 e. The first-order chi connectivity index (χ1) is 13.0. The van der Waals surface area contributed by atoms with Crippen LogP contribution in [0.25, 0.3) is 11.6 Å². The number of nitrogens with zero attached hydrogens (tertiary/aromatic N) is 6. The fraction of sp³-hybridized carbons (Fsp3) is 0.389. The number of rotatable bonds is 4. The van der Waals surface area contributed by atoms with Crippen molar-refractivity contribution in [2.75, 3.05) is 20.2 Å². The maximum atomic E-state index is 12.9. The number of hydrogen-bond acceptors (Lipinski definition) is 7. The van der Waals surface area contributed by atoms with Crippen LogP contribution in [0, 0.1) is 13.8 Å².